The highest BCUT2D eigenvalue weighted by Gasteiger charge is 2.49. The number of carbonyl (C=O) groups is 1. The van der Waals surface area contributed by atoms with Crippen LogP contribution in [0.15, 0.2) is 40.9 Å². The molecule has 33 heavy (non-hydrogen) atoms. The van der Waals surface area contributed by atoms with Crippen LogP contribution in [0, 0.1) is 11.3 Å². The molecule has 8 heteroatoms. The van der Waals surface area contributed by atoms with Crippen molar-refractivity contribution in [3.05, 3.63) is 57.6 Å². The van der Waals surface area contributed by atoms with Crippen molar-refractivity contribution in [1.29, 1.82) is 5.26 Å². The van der Waals surface area contributed by atoms with E-state index in [0.29, 0.717) is 27.1 Å². The van der Waals surface area contributed by atoms with E-state index in [0.717, 1.165) is 5.56 Å². The van der Waals surface area contributed by atoms with Crippen molar-refractivity contribution in [2.75, 3.05) is 21.3 Å². The van der Waals surface area contributed by atoms with Gasteiger partial charge in [-0.25, -0.2) is 4.79 Å². The second-order valence-corrected chi connectivity index (χ2v) is 14.9. The lowest BCUT2D eigenvalue weighted by molar-refractivity contribution is 0.0600. The van der Waals surface area contributed by atoms with E-state index in [1.54, 1.807) is 32.4 Å². The number of benzene rings is 2. The summed E-state index contributed by atoms with van der Waals surface area (Å²) in [6, 6.07) is 13.1. The minimum Gasteiger partial charge on any atom is -0.496 e. The molecule has 1 atom stereocenters. The van der Waals surface area contributed by atoms with Crippen molar-refractivity contribution in [2.24, 2.45) is 0 Å². The first-order chi connectivity index (χ1) is 15.4. The average Bonchev–Trinajstić information content (AvgIpc) is 2.77. The number of methoxy groups -OCH3 is 3. The summed E-state index contributed by atoms with van der Waals surface area (Å²) in [6.45, 7) is 10.6. The molecule has 0 radical (unpaired) electrons. The van der Waals surface area contributed by atoms with E-state index in [9.17, 15) is 10.1 Å². The SMILES string of the molecule is COC(=O)c1ccc(CC(C#N)(O[Si](C)(C)C(C)(C)C)c2c(OC)ccc(Br)c2OC)cc1. The molecule has 6 nitrogen and oxygen atoms in total. The van der Waals surface area contributed by atoms with Gasteiger partial charge in [0, 0.05) is 6.42 Å². The molecule has 0 aliphatic carbocycles. The molecule has 0 spiro atoms. The summed E-state index contributed by atoms with van der Waals surface area (Å²) < 4.78 is 23.8. The van der Waals surface area contributed by atoms with Gasteiger partial charge in [0.15, 0.2) is 13.9 Å². The Bertz CT molecular complexity index is 1040. The summed E-state index contributed by atoms with van der Waals surface area (Å²) in [5, 5.41) is 10.5. The molecule has 0 bridgehead atoms. The molecule has 0 aromatic heterocycles. The van der Waals surface area contributed by atoms with Crippen LogP contribution >= 0.6 is 15.9 Å². The zero-order valence-electron chi connectivity index (χ0n) is 20.5. The maximum absolute atomic E-state index is 11.9. The first-order valence-corrected chi connectivity index (χ1v) is 14.3. The first kappa shape index (κ1) is 26.9. The van der Waals surface area contributed by atoms with Crippen molar-refractivity contribution < 1.29 is 23.4 Å². The molecule has 0 N–H and O–H groups in total. The maximum Gasteiger partial charge on any atom is 0.337 e. The van der Waals surface area contributed by atoms with Crippen molar-refractivity contribution >= 4 is 30.2 Å². The third kappa shape index (κ3) is 5.60. The molecule has 1 unspecified atom stereocenters. The van der Waals surface area contributed by atoms with Gasteiger partial charge in [-0.3, -0.25) is 0 Å². The van der Waals surface area contributed by atoms with Gasteiger partial charge >= 0.3 is 5.97 Å². The topological polar surface area (TPSA) is 77.8 Å². The summed E-state index contributed by atoms with van der Waals surface area (Å²) in [5.41, 5.74) is 0.404. The van der Waals surface area contributed by atoms with Crippen LogP contribution < -0.4 is 9.47 Å². The Labute approximate surface area is 206 Å². The fourth-order valence-corrected chi connectivity index (χ4v) is 5.23. The van der Waals surface area contributed by atoms with E-state index in [1.165, 1.54) is 7.11 Å². The van der Waals surface area contributed by atoms with E-state index in [-0.39, 0.29) is 11.5 Å². The number of ether oxygens (including phenoxy) is 3. The van der Waals surface area contributed by atoms with E-state index in [4.69, 9.17) is 18.6 Å². The number of carbonyl (C=O) groups excluding carboxylic acids is 1. The third-order valence-corrected chi connectivity index (χ3v) is 11.2. The van der Waals surface area contributed by atoms with Gasteiger partial charge < -0.3 is 18.6 Å². The molecule has 0 saturated carbocycles. The lowest BCUT2D eigenvalue weighted by atomic mass is 9.87. The van der Waals surface area contributed by atoms with Crippen molar-refractivity contribution in [3.63, 3.8) is 0 Å². The Hall–Kier alpha value is -2.34. The Morgan fingerprint density at radius 2 is 1.64 bits per heavy atom. The molecule has 0 fully saturated rings. The molecular weight excluding hydrogens is 502 g/mol. The van der Waals surface area contributed by atoms with E-state index < -0.39 is 19.9 Å². The molecule has 0 saturated heterocycles. The molecule has 2 aromatic rings. The van der Waals surface area contributed by atoms with Crippen LogP contribution in [0.3, 0.4) is 0 Å². The van der Waals surface area contributed by atoms with Gasteiger partial charge in [-0.15, -0.1) is 0 Å². The largest absolute Gasteiger partial charge is 0.496 e. The van der Waals surface area contributed by atoms with Gasteiger partial charge in [-0.2, -0.15) is 5.26 Å². The first-order valence-electron chi connectivity index (χ1n) is 10.6. The van der Waals surface area contributed by atoms with Crippen LogP contribution in [-0.2, 0) is 21.2 Å². The number of nitrogens with zero attached hydrogens (tertiary/aromatic N) is 1. The highest BCUT2D eigenvalue weighted by Crippen LogP contribution is 2.49. The van der Waals surface area contributed by atoms with Gasteiger partial charge in [0.05, 0.1) is 36.9 Å². The summed E-state index contributed by atoms with van der Waals surface area (Å²) >= 11 is 3.54. The molecule has 2 rings (SSSR count). The number of esters is 1. The lowest BCUT2D eigenvalue weighted by Crippen LogP contribution is -2.49. The molecule has 178 valence electrons. The molecule has 0 aliphatic heterocycles. The highest BCUT2D eigenvalue weighted by molar-refractivity contribution is 9.10. The zero-order chi connectivity index (χ0) is 25.0. The summed E-state index contributed by atoms with van der Waals surface area (Å²) in [6.07, 6.45) is 0.237. The van der Waals surface area contributed by atoms with Gasteiger partial charge in [-0.1, -0.05) is 32.9 Å². The van der Waals surface area contributed by atoms with Crippen LogP contribution in [0.25, 0.3) is 0 Å². The molecule has 2 aromatic carbocycles. The summed E-state index contributed by atoms with van der Waals surface area (Å²) in [4.78, 5) is 11.9. The number of nitriles is 1. The van der Waals surface area contributed by atoms with E-state index >= 15 is 0 Å². The van der Waals surface area contributed by atoms with Crippen LogP contribution in [0.5, 0.6) is 11.5 Å². The van der Waals surface area contributed by atoms with Gasteiger partial charge in [-0.05, 0) is 63.9 Å². The van der Waals surface area contributed by atoms with Crippen molar-refractivity contribution in [1.82, 2.24) is 0 Å². The van der Waals surface area contributed by atoms with Crippen molar-refractivity contribution in [3.8, 4) is 17.6 Å². The number of hydrogen-bond donors (Lipinski definition) is 0. The molecule has 0 amide bonds. The monoisotopic (exact) mass is 533 g/mol. The summed E-state index contributed by atoms with van der Waals surface area (Å²) in [7, 11) is 2.02. The number of hydrogen-bond acceptors (Lipinski definition) is 6. The average molecular weight is 535 g/mol. The Morgan fingerprint density at radius 1 is 1.03 bits per heavy atom. The fraction of sp³-hybridized carbons (Fsp3) is 0.440. The number of rotatable bonds is 8. The van der Waals surface area contributed by atoms with E-state index in [2.05, 4.69) is 55.9 Å². The van der Waals surface area contributed by atoms with E-state index in [1.807, 2.05) is 18.2 Å². The van der Waals surface area contributed by atoms with Crippen LogP contribution in [-0.4, -0.2) is 35.6 Å². The summed E-state index contributed by atoms with van der Waals surface area (Å²) in [5.74, 6) is 0.572. The Morgan fingerprint density at radius 3 is 2.09 bits per heavy atom. The normalized spacial score (nSPS) is 13.6. The predicted octanol–water partition coefficient (Wildman–Crippen LogP) is 6.24. The third-order valence-electron chi connectivity index (χ3n) is 6.14. The Balaban J connectivity index is 2.76. The Kier molecular flexibility index (Phi) is 8.39. The molecule has 0 heterocycles. The minimum absolute atomic E-state index is 0.143. The standard InChI is InChI=1S/C25H32BrNO5Si/c1-24(2,3)33(7,8)32-25(16-27,15-17-9-11-18(12-10-17)23(28)31-6)21-20(29-4)14-13-19(26)22(21)30-5/h9-14H,15H2,1-8H3. The van der Waals surface area contributed by atoms with Crippen molar-refractivity contribution in [2.45, 2.75) is 50.9 Å². The van der Waals surface area contributed by atoms with Gasteiger partial charge in [0.2, 0.25) is 0 Å². The minimum atomic E-state index is -2.44. The lowest BCUT2D eigenvalue weighted by Gasteiger charge is -2.43. The van der Waals surface area contributed by atoms with Crippen LogP contribution in [0.1, 0.15) is 42.3 Å². The van der Waals surface area contributed by atoms with Crippen LogP contribution in [0.2, 0.25) is 18.1 Å². The zero-order valence-corrected chi connectivity index (χ0v) is 23.1. The fourth-order valence-electron chi connectivity index (χ4n) is 3.34. The molecular formula is C25H32BrNO5Si. The van der Waals surface area contributed by atoms with Gasteiger partial charge in [0.25, 0.3) is 0 Å². The smallest absolute Gasteiger partial charge is 0.337 e. The quantitative estimate of drug-likeness (QED) is 0.295. The van der Waals surface area contributed by atoms with Gasteiger partial charge in [0.1, 0.15) is 17.6 Å². The highest BCUT2D eigenvalue weighted by atomic mass is 79.9. The van der Waals surface area contributed by atoms with Crippen LogP contribution in [0.4, 0.5) is 0 Å². The second-order valence-electron chi connectivity index (χ2n) is 9.32. The second kappa shape index (κ2) is 10.3. The maximum atomic E-state index is 11.9. The molecule has 0 aliphatic rings. The predicted molar refractivity (Wildman–Crippen MR) is 134 cm³/mol. The number of halogens is 1.